The lowest BCUT2D eigenvalue weighted by Gasteiger charge is -2.50. The molecule has 4 aliphatic rings. The Bertz CT molecular complexity index is 2930. The summed E-state index contributed by atoms with van der Waals surface area (Å²) in [5, 5.41) is 8.16. The second kappa shape index (κ2) is 13.0. The monoisotopic (exact) mass is 808 g/mol. The van der Waals surface area contributed by atoms with Crippen LogP contribution in [0.1, 0.15) is 112 Å². The number of hydrogen-bond acceptors (Lipinski definition) is 2. The van der Waals surface area contributed by atoms with Crippen LogP contribution in [0.2, 0.25) is 0 Å². The quantitative estimate of drug-likeness (QED) is 0.163. The highest BCUT2D eigenvalue weighted by Gasteiger charge is 2.60. The molecule has 2 fully saturated rings. The van der Waals surface area contributed by atoms with Crippen molar-refractivity contribution in [1.29, 1.82) is 0 Å². The molecule has 8 aromatic rings. The number of benzene rings is 8. The van der Waals surface area contributed by atoms with E-state index in [4.69, 9.17) is 0 Å². The van der Waals surface area contributed by atoms with Crippen molar-refractivity contribution in [2.45, 2.75) is 129 Å². The summed E-state index contributed by atoms with van der Waals surface area (Å²) in [5.41, 5.74) is 20.0. The Kier molecular flexibility index (Phi) is 7.98. The summed E-state index contributed by atoms with van der Waals surface area (Å²) in [6.45, 7) is 19.9. The van der Waals surface area contributed by atoms with Crippen molar-refractivity contribution in [2.24, 2.45) is 0 Å². The maximum atomic E-state index is 2.75. The predicted octanol–water partition coefficient (Wildman–Crippen LogP) is 16.6. The maximum absolute atomic E-state index is 2.75. The molecule has 0 saturated heterocycles. The number of para-hydroxylation sites is 2. The van der Waals surface area contributed by atoms with Crippen molar-refractivity contribution in [3.05, 3.63) is 155 Å². The lowest BCUT2D eigenvalue weighted by molar-refractivity contribution is 0.194. The van der Waals surface area contributed by atoms with Crippen LogP contribution in [0.4, 0.5) is 22.7 Å². The number of rotatable bonds is 4. The van der Waals surface area contributed by atoms with Gasteiger partial charge in [0.25, 0.3) is 0 Å². The smallest absolute Gasteiger partial charge is 0.0518 e. The van der Waals surface area contributed by atoms with Crippen molar-refractivity contribution in [3.63, 3.8) is 0 Å². The van der Waals surface area contributed by atoms with Crippen molar-refractivity contribution in [1.82, 2.24) is 0 Å². The van der Waals surface area contributed by atoms with Crippen LogP contribution in [0.3, 0.4) is 0 Å². The maximum Gasteiger partial charge on any atom is 0.0518 e. The highest BCUT2D eigenvalue weighted by Crippen LogP contribution is 2.65. The van der Waals surface area contributed by atoms with Gasteiger partial charge in [0.2, 0.25) is 0 Å². The molecule has 2 aliphatic heterocycles. The highest BCUT2D eigenvalue weighted by molar-refractivity contribution is 6.27. The van der Waals surface area contributed by atoms with Gasteiger partial charge in [-0.1, -0.05) is 124 Å². The topological polar surface area (TPSA) is 6.48 Å². The fourth-order valence-corrected chi connectivity index (χ4v) is 14.5. The lowest BCUT2D eigenvalue weighted by Crippen LogP contribution is -2.54. The Balaban J connectivity index is 1.07. The molecule has 0 bridgehead atoms. The lowest BCUT2D eigenvalue weighted by atomic mass is 9.60. The molecule has 0 aromatic heterocycles. The molecule has 0 amide bonds. The minimum Gasteiger partial charge on any atom is -0.334 e. The third-order valence-electron chi connectivity index (χ3n) is 17.9. The number of aryl methyl sites for hydroxylation is 2. The molecule has 4 atom stereocenters. The number of nitrogens with zero attached hydrogens (tertiary/aromatic N) is 2. The molecule has 2 heteroatoms. The van der Waals surface area contributed by atoms with Gasteiger partial charge >= 0.3 is 0 Å². The molecule has 2 nitrogen and oxygen atoms in total. The van der Waals surface area contributed by atoms with Gasteiger partial charge < -0.3 is 9.80 Å². The standard InChI is InChI=1S/C60H60N2/c1-37-35-49(39(3)53-55(37)61(43-19-11-9-12-20-43)59(7)33-17-15-31-57(53,59)5)45-27-23-41-26-30-48-46(28-24-42-25-29-47(45)51(41)52(42)48)50-36-38(2)56-54(40(50)4)58(6)32-16-18-34-60(58,8)62(56)44-21-13-10-14-22-44/h9-14,19-30,35-36H,15-18,31-34H2,1-8H3. The van der Waals surface area contributed by atoms with Crippen molar-refractivity contribution in [3.8, 4) is 22.3 Å². The van der Waals surface area contributed by atoms with Gasteiger partial charge in [-0.15, -0.1) is 0 Å². The first-order valence-electron chi connectivity index (χ1n) is 23.6. The van der Waals surface area contributed by atoms with Crippen molar-refractivity contribution in [2.75, 3.05) is 9.80 Å². The summed E-state index contributed by atoms with van der Waals surface area (Å²) >= 11 is 0. The summed E-state index contributed by atoms with van der Waals surface area (Å²) < 4.78 is 0. The average Bonchev–Trinajstić information content (AvgIpc) is 3.65. The van der Waals surface area contributed by atoms with Crippen molar-refractivity contribution < 1.29 is 0 Å². The molecule has 62 heavy (non-hydrogen) atoms. The molecule has 2 aliphatic carbocycles. The van der Waals surface area contributed by atoms with E-state index in [0.717, 1.165) is 0 Å². The Hall–Kier alpha value is -5.60. The first-order valence-corrected chi connectivity index (χ1v) is 23.6. The molecule has 2 saturated carbocycles. The molecule has 0 spiro atoms. The Morgan fingerprint density at radius 3 is 1.18 bits per heavy atom. The van der Waals surface area contributed by atoms with Crippen LogP contribution in [0.15, 0.2) is 121 Å². The van der Waals surface area contributed by atoms with Crippen LogP contribution >= 0.6 is 0 Å². The Labute approximate surface area is 368 Å². The summed E-state index contributed by atoms with van der Waals surface area (Å²) in [6, 6.07) is 46.8. The van der Waals surface area contributed by atoms with Crippen LogP contribution in [-0.4, -0.2) is 11.1 Å². The summed E-state index contributed by atoms with van der Waals surface area (Å²) in [4.78, 5) is 5.49. The second-order valence-electron chi connectivity index (χ2n) is 20.8. The van der Waals surface area contributed by atoms with E-state index in [1.54, 1.807) is 11.1 Å². The van der Waals surface area contributed by atoms with Gasteiger partial charge in [0.1, 0.15) is 0 Å². The van der Waals surface area contributed by atoms with Gasteiger partial charge in [0.05, 0.1) is 11.1 Å². The van der Waals surface area contributed by atoms with Crippen molar-refractivity contribution >= 4 is 55.1 Å². The zero-order chi connectivity index (χ0) is 42.5. The van der Waals surface area contributed by atoms with Gasteiger partial charge in [-0.2, -0.15) is 0 Å². The SMILES string of the molecule is Cc1cc(-c2ccc3ccc4c(-c5cc(C)c6c(c5C)C5(C)CCCCC5(C)N6c5ccccc5)ccc5ccc2c3c54)c(C)c2c1N(c1ccccc1)C1(C)CCCCC21C. The Morgan fingerprint density at radius 2 is 0.774 bits per heavy atom. The van der Waals surface area contributed by atoms with Crippen LogP contribution in [0, 0.1) is 27.7 Å². The van der Waals surface area contributed by atoms with E-state index in [9.17, 15) is 0 Å². The minimum absolute atomic E-state index is 0.0169. The van der Waals surface area contributed by atoms with Crippen LogP contribution in [-0.2, 0) is 10.8 Å². The Morgan fingerprint density at radius 1 is 0.403 bits per heavy atom. The molecule has 0 radical (unpaired) electrons. The second-order valence-corrected chi connectivity index (χ2v) is 20.8. The summed E-state index contributed by atoms with van der Waals surface area (Å²) in [6.07, 6.45) is 9.96. The third-order valence-corrected chi connectivity index (χ3v) is 17.9. The van der Waals surface area contributed by atoms with E-state index in [2.05, 4.69) is 187 Å². The first-order chi connectivity index (χ1) is 29.9. The van der Waals surface area contributed by atoms with E-state index < -0.39 is 0 Å². The number of hydrogen-bond donors (Lipinski definition) is 0. The summed E-state index contributed by atoms with van der Waals surface area (Å²) in [5.74, 6) is 0. The molecule has 12 rings (SSSR count). The van der Waals surface area contributed by atoms with E-state index in [-0.39, 0.29) is 21.9 Å². The van der Waals surface area contributed by atoms with E-state index in [0.29, 0.717) is 0 Å². The molecular formula is C60H60N2. The van der Waals surface area contributed by atoms with E-state index in [1.165, 1.54) is 151 Å². The molecular weight excluding hydrogens is 749 g/mol. The van der Waals surface area contributed by atoms with Gasteiger partial charge in [-0.05, 0) is 192 Å². The molecule has 8 aromatic carbocycles. The molecule has 310 valence electrons. The van der Waals surface area contributed by atoms with Gasteiger partial charge in [0, 0.05) is 33.6 Å². The number of fused-ring (bicyclic) bond motifs is 6. The molecule has 0 N–H and O–H groups in total. The molecule has 4 unspecified atom stereocenters. The average molecular weight is 809 g/mol. The van der Waals surface area contributed by atoms with Crippen LogP contribution in [0.5, 0.6) is 0 Å². The van der Waals surface area contributed by atoms with Gasteiger partial charge in [-0.3, -0.25) is 0 Å². The normalized spacial score (nSPS) is 25.4. The van der Waals surface area contributed by atoms with Crippen LogP contribution < -0.4 is 9.80 Å². The zero-order valence-electron chi connectivity index (χ0n) is 38.1. The minimum atomic E-state index is 0.0169. The fourth-order valence-electron chi connectivity index (χ4n) is 14.5. The number of anilines is 4. The van der Waals surface area contributed by atoms with E-state index in [1.807, 2.05) is 0 Å². The molecule has 2 heterocycles. The fraction of sp³-hybridized carbons (Fsp3) is 0.333. The van der Waals surface area contributed by atoms with E-state index >= 15 is 0 Å². The first kappa shape index (κ1) is 38.1. The largest absolute Gasteiger partial charge is 0.334 e. The highest BCUT2D eigenvalue weighted by atomic mass is 15.3. The third kappa shape index (κ3) is 4.66. The van der Waals surface area contributed by atoms with Crippen LogP contribution in [0.25, 0.3) is 54.6 Å². The van der Waals surface area contributed by atoms with Gasteiger partial charge in [-0.25, -0.2) is 0 Å². The zero-order valence-corrected chi connectivity index (χ0v) is 38.1. The predicted molar refractivity (Wildman–Crippen MR) is 266 cm³/mol. The summed E-state index contributed by atoms with van der Waals surface area (Å²) in [7, 11) is 0. The van der Waals surface area contributed by atoms with Gasteiger partial charge in [0.15, 0.2) is 0 Å².